The molecule has 22 heavy (non-hydrogen) atoms. The molecule has 2 aromatic rings. The normalized spacial score (nSPS) is 27.0. The van der Waals surface area contributed by atoms with Crippen molar-refractivity contribution < 1.29 is 4.79 Å². The zero-order valence-corrected chi connectivity index (χ0v) is 13.1. The maximum absolute atomic E-state index is 12.5. The molecule has 3 unspecified atom stereocenters. The molecule has 4 rings (SSSR count). The van der Waals surface area contributed by atoms with Crippen LogP contribution in [0, 0.1) is 17.8 Å². The van der Waals surface area contributed by atoms with Gasteiger partial charge in [0, 0.05) is 17.3 Å². The Hall–Kier alpha value is -1.91. The van der Waals surface area contributed by atoms with Crippen molar-refractivity contribution in [2.75, 3.05) is 5.32 Å². The molecule has 2 bridgehead atoms. The van der Waals surface area contributed by atoms with Crippen molar-refractivity contribution in [1.29, 1.82) is 0 Å². The number of anilines is 1. The third-order valence-electron chi connectivity index (χ3n) is 5.26. The number of rotatable bonds is 3. The number of aromatic nitrogens is 3. The Bertz CT molecular complexity index is 721. The Kier molecular flexibility index (Phi) is 3.17. The summed E-state index contributed by atoms with van der Waals surface area (Å²) in [5.41, 5.74) is 1.65. The summed E-state index contributed by atoms with van der Waals surface area (Å²) in [4.78, 5) is 17.0. The zero-order valence-electron chi connectivity index (χ0n) is 13.1. The highest BCUT2D eigenvalue weighted by molar-refractivity contribution is 5.94. The van der Waals surface area contributed by atoms with E-state index in [-0.39, 0.29) is 17.9 Å². The average Bonchev–Trinajstić information content (AvgIpc) is 3.21. The average molecular weight is 298 g/mol. The van der Waals surface area contributed by atoms with Crippen molar-refractivity contribution in [1.82, 2.24) is 14.8 Å². The molecule has 1 N–H and O–H groups in total. The van der Waals surface area contributed by atoms with Crippen LogP contribution in [-0.2, 0) is 4.79 Å². The number of nitrogens with zero attached hydrogens (tertiary/aromatic N) is 3. The zero-order chi connectivity index (χ0) is 15.3. The van der Waals surface area contributed by atoms with Crippen molar-refractivity contribution in [3.8, 4) is 0 Å². The highest BCUT2D eigenvalue weighted by atomic mass is 16.1. The third kappa shape index (κ3) is 2.19. The lowest BCUT2D eigenvalue weighted by molar-refractivity contribution is -0.121. The fraction of sp³-hybridized carbons (Fsp3) is 0.588. The smallest absolute Gasteiger partial charge is 0.227 e. The van der Waals surface area contributed by atoms with Crippen molar-refractivity contribution in [3.63, 3.8) is 0 Å². The van der Waals surface area contributed by atoms with E-state index in [1.807, 2.05) is 16.9 Å². The molecule has 2 saturated carbocycles. The maximum Gasteiger partial charge on any atom is 0.227 e. The molecule has 2 fully saturated rings. The Labute approximate surface area is 130 Å². The lowest BCUT2D eigenvalue weighted by Gasteiger charge is -2.20. The van der Waals surface area contributed by atoms with Gasteiger partial charge in [-0.15, -0.1) is 0 Å². The number of hydrogen-bond acceptors (Lipinski definition) is 3. The molecule has 2 aliphatic rings. The first-order chi connectivity index (χ1) is 10.6. The Morgan fingerprint density at radius 2 is 2.18 bits per heavy atom. The minimum atomic E-state index is 0.171. The number of hydrogen-bond donors (Lipinski definition) is 1. The van der Waals surface area contributed by atoms with Crippen LogP contribution < -0.4 is 5.32 Å². The second-order valence-corrected chi connectivity index (χ2v) is 7.09. The van der Waals surface area contributed by atoms with E-state index in [9.17, 15) is 4.79 Å². The van der Waals surface area contributed by atoms with Gasteiger partial charge in [-0.05, 0) is 51.0 Å². The van der Waals surface area contributed by atoms with E-state index < -0.39 is 0 Å². The molecular weight excluding hydrogens is 276 g/mol. The van der Waals surface area contributed by atoms with Crippen LogP contribution in [0.2, 0.25) is 0 Å². The predicted molar refractivity (Wildman–Crippen MR) is 85.5 cm³/mol. The van der Waals surface area contributed by atoms with Crippen LogP contribution >= 0.6 is 0 Å². The molecule has 5 nitrogen and oxygen atoms in total. The lowest BCUT2D eigenvalue weighted by atomic mass is 9.88. The molecule has 1 amide bonds. The van der Waals surface area contributed by atoms with Gasteiger partial charge in [0.2, 0.25) is 5.91 Å². The molecule has 3 atom stereocenters. The van der Waals surface area contributed by atoms with E-state index in [1.54, 1.807) is 6.20 Å². The van der Waals surface area contributed by atoms with Crippen LogP contribution in [0.25, 0.3) is 11.0 Å². The van der Waals surface area contributed by atoms with Gasteiger partial charge in [-0.2, -0.15) is 5.10 Å². The second-order valence-electron chi connectivity index (χ2n) is 7.09. The predicted octanol–water partition coefficient (Wildman–Crippen LogP) is 3.39. The van der Waals surface area contributed by atoms with Crippen LogP contribution in [0.3, 0.4) is 0 Å². The molecule has 2 aliphatic carbocycles. The Morgan fingerprint density at radius 1 is 1.32 bits per heavy atom. The molecular formula is C17H22N4O. The molecule has 0 saturated heterocycles. The van der Waals surface area contributed by atoms with Gasteiger partial charge in [-0.1, -0.05) is 6.42 Å². The molecule has 116 valence electrons. The number of carbonyl (C=O) groups excluding carboxylic acids is 1. The molecule has 2 heterocycles. The minimum absolute atomic E-state index is 0.171. The van der Waals surface area contributed by atoms with Crippen molar-refractivity contribution in [2.45, 2.75) is 45.6 Å². The van der Waals surface area contributed by atoms with Crippen LogP contribution in [0.1, 0.15) is 45.6 Å². The van der Waals surface area contributed by atoms with Gasteiger partial charge in [0.15, 0.2) is 5.65 Å². The SMILES string of the molecule is CC(C)n1ncc2cc(NC(=O)C3CC4CCC3C4)cnc21. The fourth-order valence-corrected chi connectivity index (χ4v) is 4.19. The van der Waals surface area contributed by atoms with Crippen LogP contribution in [-0.4, -0.2) is 20.7 Å². The number of pyridine rings is 1. The summed E-state index contributed by atoms with van der Waals surface area (Å²) < 4.78 is 1.90. The second kappa shape index (κ2) is 5.07. The minimum Gasteiger partial charge on any atom is -0.324 e. The van der Waals surface area contributed by atoms with Crippen molar-refractivity contribution in [3.05, 3.63) is 18.5 Å². The fourth-order valence-electron chi connectivity index (χ4n) is 4.19. The standard InChI is InChI=1S/C17H22N4O/c1-10(2)21-16-13(8-19-21)7-14(9-18-16)20-17(22)15-6-11-3-4-12(15)5-11/h7-12,15H,3-6H2,1-2H3,(H,20,22). The molecule has 0 aliphatic heterocycles. The van der Waals surface area contributed by atoms with E-state index in [0.717, 1.165) is 29.1 Å². The summed E-state index contributed by atoms with van der Waals surface area (Å²) >= 11 is 0. The number of carbonyl (C=O) groups is 1. The summed E-state index contributed by atoms with van der Waals surface area (Å²) in [5, 5.41) is 8.40. The molecule has 0 radical (unpaired) electrons. The molecule has 5 heteroatoms. The monoisotopic (exact) mass is 298 g/mol. The van der Waals surface area contributed by atoms with E-state index in [1.165, 1.54) is 19.3 Å². The first-order valence-electron chi connectivity index (χ1n) is 8.26. The number of fused-ring (bicyclic) bond motifs is 3. The number of nitrogens with one attached hydrogen (secondary N) is 1. The third-order valence-corrected chi connectivity index (χ3v) is 5.26. The van der Waals surface area contributed by atoms with Gasteiger partial charge in [-0.3, -0.25) is 4.79 Å². The van der Waals surface area contributed by atoms with Gasteiger partial charge in [-0.25, -0.2) is 9.67 Å². The Morgan fingerprint density at radius 3 is 2.86 bits per heavy atom. The largest absolute Gasteiger partial charge is 0.324 e. The molecule has 2 aromatic heterocycles. The van der Waals surface area contributed by atoms with Gasteiger partial charge in [0.05, 0.1) is 18.1 Å². The molecule has 0 aromatic carbocycles. The first-order valence-corrected chi connectivity index (χ1v) is 8.26. The quantitative estimate of drug-likeness (QED) is 0.945. The summed E-state index contributed by atoms with van der Waals surface area (Å²) in [5.74, 6) is 1.76. The van der Waals surface area contributed by atoms with Gasteiger partial charge >= 0.3 is 0 Å². The summed E-state index contributed by atoms with van der Waals surface area (Å²) in [7, 11) is 0. The lowest BCUT2D eigenvalue weighted by Crippen LogP contribution is -2.27. The highest BCUT2D eigenvalue weighted by Crippen LogP contribution is 2.48. The summed E-state index contributed by atoms with van der Waals surface area (Å²) in [6, 6.07) is 2.25. The maximum atomic E-state index is 12.5. The first kappa shape index (κ1) is 13.7. The van der Waals surface area contributed by atoms with Crippen LogP contribution in [0.5, 0.6) is 0 Å². The van der Waals surface area contributed by atoms with Crippen molar-refractivity contribution in [2.24, 2.45) is 17.8 Å². The van der Waals surface area contributed by atoms with Crippen molar-refractivity contribution >= 4 is 22.6 Å². The topological polar surface area (TPSA) is 59.8 Å². The number of amides is 1. The van der Waals surface area contributed by atoms with E-state index in [4.69, 9.17) is 0 Å². The van der Waals surface area contributed by atoms with Gasteiger partial charge < -0.3 is 5.32 Å². The highest BCUT2D eigenvalue weighted by Gasteiger charge is 2.43. The van der Waals surface area contributed by atoms with E-state index in [2.05, 4.69) is 29.2 Å². The summed E-state index contributed by atoms with van der Waals surface area (Å²) in [6.07, 6.45) is 8.41. The van der Waals surface area contributed by atoms with Gasteiger partial charge in [0.25, 0.3) is 0 Å². The van der Waals surface area contributed by atoms with Gasteiger partial charge in [0.1, 0.15) is 0 Å². The Balaban J connectivity index is 1.53. The van der Waals surface area contributed by atoms with Crippen LogP contribution in [0.4, 0.5) is 5.69 Å². The molecule has 0 spiro atoms. The van der Waals surface area contributed by atoms with E-state index >= 15 is 0 Å². The van der Waals surface area contributed by atoms with E-state index in [0.29, 0.717) is 5.92 Å². The van der Waals surface area contributed by atoms with Crippen LogP contribution in [0.15, 0.2) is 18.5 Å². The summed E-state index contributed by atoms with van der Waals surface area (Å²) in [6.45, 7) is 4.16.